The maximum absolute atomic E-state index is 13.6. The van der Waals surface area contributed by atoms with Crippen LogP contribution in [-0.2, 0) is 21.2 Å². The van der Waals surface area contributed by atoms with E-state index in [1.54, 1.807) is 42.5 Å². The Hall–Kier alpha value is -3.63. The minimum Gasteiger partial charge on any atom is -0.493 e. The Morgan fingerprint density at radius 3 is 2.53 bits per heavy atom. The van der Waals surface area contributed by atoms with Crippen LogP contribution >= 0.6 is 15.9 Å². The second-order valence-electron chi connectivity index (χ2n) is 8.23. The second kappa shape index (κ2) is 13.3. The lowest BCUT2D eigenvalue weighted by Crippen LogP contribution is -2.40. The third-order valence-electron chi connectivity index (χ3n) is 5.54. The van der Waals surface area contributed by atoms with E-state index in [1.807, 2.05) is 26.0 Å². The maximum atomic E-state index is 13.6. The average Bonchev–Trinajstić information content (AvgIpc) is 2.91. The molecule has 0 aliphatic rings. The van der Waals surface area contributed by atoms with E-state index in [9.17, 15) is 13.2 Å². The number of ether oxygens (including phenoxy) is 2. The largest absolute Gasteiger partial charge is 0.493 e. The van der Waals surface area contributed by atoms with Gasteiger partial charge in [-0.3, -0.25) is 9.10 Å². The summed E-state index contributed by atoms with van der Waals surface area (Å²) in [6.07, 6.45) is 3.65. The Labute approximate surface area is 232 Å². The molecule has 8 nitrogen and oxygen atoms in total. The van der Waals surface area contributed by atoms with Gasteiger partial charge >= 0.3 is 0 Å². The molecular formula is C28H30BrN3O5S. The summed E-state index contributed by atoms with van der Waals surface area (Å²) >= 11 is 3.45. The van der Waals surface area contributed by atoms with Crippen LogP contribution in [0.15, 0.2) is 87.8 Å². The smallest absolute Gasteiger partial charge is 0.264 e. The third-order valence-corrected chi connectivity index (χ3v) is 7.90. The Morgan fingerprint density at radius 1 is 1.16 bits per heavy atom. The number of carbonyl (C=O) groups excluding carboxylic acids is 1. The van der Waals surface area contributed by atoms with E-state index in [-0.39, 0.29) is 4.90 Å². The normalized spacial score (nSPS) is 11.3. The maximum Gasteiger partial charge on any atom is 0.264 e. The van der Waals surface area contributed by atoms with E-state index in [2.05, 4.69) is 33.0 Å². The molecule has 3 rings (SSSR count). The van der Waals surface area contributed by atoms with Crippen molar-refractivity contribution in [1.29, 1.82) is 0 Å². The van der Waals surface area contributed by atoms with Crippen LogP contribution in [-0.4, -0.2) is 40.8 Å². The molecule has 0 aliphatic heterocycles. The van der Waals surface area contributed by atoms with E-state index in [0.717, 1.165) is 15.4 Å². The van der Waals surface area contributed by atoms with Crippen molar-refractivity contribution in [3.63, 3.8) is 0 Å². The molecule has 0 saturated heterocycles. The van der Waals surface area contributed by atoms with Gasteiger partial charge in [0, 0.05) is 0 Å². The van der Waals surface area contributed by atoms with Gasteiger partial charge in [-0.25, -0.2) is 13.8 Å². The molecule has 10 heteroatoms. The summed E-state index contributed by atoms with van der Waals surface area (Å²) in [7, 11) is -2.51. The number of benzene rings is 3. The lowest BCUT2D eigenvalue weighted by atomic mass is 10.1. The van der Waals surface area contributed by atoms with Gasteiger partial charge in [0.15, 0.2) is 11.5 Å². The van der Waals surface area contributed by atoms with E-state index in [4.69, 9.17) is 9.47 Å². The molecule has 1 N–H and O–H groups in total. The number of halogens is 1. The number of nitrogens with zero attached hydrogens (tertiary/aromatic N) is 2. The van der Waals surface area contributed by atoms with Crippen LogP contribution in [0.3, 0.4) is 0 Å². The van der Waals surface area contributed by atoms with Crippen LogP contribution < -0.4 is 19.2 Å². The molecule has 0 spiro atoms. The first kappa shape index (κ1) is 28.9. The molecular weight excluding hydrogens is 570 g/mol. The van der Waals surface area contributed by atoms with Crippen LogP contribution in [0, 0.1) is 6.92 Å². The molecule has 3 aromatic rings. The lowest BCUT2D eigenvalue weighted by Gasteiger charge is -2.25. The van der Waals surface area contributed by atoms with Gasteiger partial charge in [0.05, 0.1) is 28.4 Å². The molecule has 0 radical (unpaired) electrons. The molecule has 1 amide bonds. The predicted octanol–water partition coefficient (Wildman–Crippen LogP) is 5.24. The Morgan fingerprint density at radius 2 is 1.87 bits per heavy atom. The minimum absolute atomic E-state index is 0.0982. The summed E-state index contributed by atoms with van der Waals surface area (Å²) in [4.78, 5) is 13.0. The van der Waals surface area contributed by atoms with E-state index < -0.39 is 22.5 Å². The number of aryl methyl sites for hydroxylation is 2. The highest BCUT2D eigenvalue weighted by molar-refractivity contribution is 9.10. The minimum atomic E-state index is -4.03. The summed E-state index contributed by atoms with van der Waals surface area (Å²) in [5.41, 5.74) is 5.23. The molecule has 0 unspecified atom stereocenters. The number of nitrogens with one attached hydrogen (secondary N) is 1. The first-order valence-corrected chi connectivity index (χ1v) is 14.0. The zero-order valence-electron chi connectivity index (χ0n) is 21.5. The zero-order valence-corrected chi connectivity index (χ0v) is 23.9. The van der Waals surface area contributed by atoms with Gasteiger partial charge in [-0.1, -0.05) is 55.5 Å². The molecule has 200 valence electrons. The fourth-order valence-corrected chi connectivity index (χ4v) is 5.66. The van der Waals surface area contributed by atoms with Crippen molar-refractivity contribution >= 4 is 43.8 Å². The summed E-state index contributed by atoms with van der Waals surface area (Å²) in [5.74, 6) is 0.389. The molecule has 0 saturated carbocycles. The highest BCUT2D eigenvalue weighted by atomic mass is 79.9. The van der Waals surface area contributed by atoms with Gasteiger partial charge in [-0.15, -0.1) is 0 Å². The number of anilines is 1. The fraction of sp³-hybridized carbons (Fsp3) is 0.214. The molecule has 0 fully saturated rings. The van der Waals surface area contributed by atoms with E-state index >= 15 is 0 Å². The Kier molecular flexibility index (Phi) is 10.1. The highest BCUT2D eigenvalue weighted by Crippen LogP contribution is 2.36. The van der Waals surface area contributed by atoms with E-state index in [0.29, 0.717) is 40.3 Å². The molecule has 0 atom stereocenters. The number of hydrogen-bond donors (Lipinski definition) is 1. The van der Waals surface area contributed by atoms with Crippen molar-refractivity contribution in [1.82, 2.24) is 5.43 Å². The Balaban J connectivity index is 1.85. The SMILES string of the molecule is C=CCOc1c(Br)cc(/C=N\NC(=O)CN(c2ccccc2CC)S(=O)(=O)c2ccc(C)cc2)cc1OC. The molecule has 3 aromatic carbocycles. The first-order chi connectivity index (χ1) is 18.2. The number of sulfonamides is 1. The number of methoxy groups -OCH3 is 1. The van der Waals surface area contributed by atoms with Crippen molar-refractivity contribution in [3.05, 3.63) is 94.5 Å². The number of para-hydroxylation sites is 1. The standard InChI is InChI=1S/C28H30BrN3O5S/c1-5-15-37-28-24(29)16-21(17-26(28)36-4)18-30-31-27(33)19-32(25-10-8-7-9-22(25)6-2)38(34,35)23-13-11-20(3)12-14-23/h5,7-14,16-18H,1,6,15,19H2,2-4H3,(H,31,33)/b30-18-. The molecule has 0 bridgehead atoms. The predicted molar refractivity (Wildman–Crippen MR) is 154 cm³/mol. The molecule has 0 aromatic heterocycles. The first-order valence-electron chi connectivity index (χ1n) is 11.8. The number of carbonyl (C=O) groups is 1. The summed E-state index contributed by atoms with van der Waals surface area (Å²) in [5, 5.41) is 4.03. The number of hydrogen-bond acceptors (Lipinski definition) is 6. The molecule has 38 heavy (non-hydrogen) atoms. The lowest BCUT2D eigenvalue weighted by molar-refractivity contribution is -0.119. The summed E-state index contributed by atoms with van der Waals surface area (Å²) in [6.45, 7) is 7.30. The van der Waals surface area contributed by atoms with Crippen molar-refractivity contribution < 1.29 is 22.7 Å². The van der Waals surface area contributed by atoms with Gasteiger partial charge in [0.1, 0.15) is 13.2 Å². The molecule has 0 aliphatic carbocycles. The Bertz CT molecular complexity index is 1420. The number of rotatable bonds is 12. The quantitative estimate of drug-likeness (QED) is 0.174. The average molecular weight is 601 g/mol. The van der Waals surface area contributed by atoms with Crippen molar-refractivity contribution in [2.45, 2.75) is 25.2 Å². The van der Waals surface area contributed by atoms with Gasteiger partial charge in [-0.2, -0.15) is 5.10 Å². The summed E-state index contributed by atoms with van der Waals surface area (Å²) in [6, 6.07) is 17.1. The van der Waals surface area contributed by atoms with Crippen LogP contribution in [0.5, 0.6) is 11.5 Å². The van der Waals surface area contributed by atoms with Crippen molar-refractivity contribution in [2.75, 3.05) is 24.6 Å². The van der Waals surface area contributed by atoms with Crippen LogP contribution in [0.2, 0.25) is 0 Å². The van der Waals surface area contributed by atoms with Gasteiger partial charge in [0.2, 0.25) is 0 Å². The van der Waals surface area contributed by atoms with Crippen LogP contribution in [0.1, 0.15) is 23.6 Å². The second-order valence-corrected chi connectivity index (χ2v) is 11.0. The van der Waals surface area contributed by atoms with Gasteiger partial charge < -0.3 is 9.47 Å². The van der Waals surface area contributed by atoms with Crippen molar-refractivity contribution in [2.24, 2.45) is 5.10 Å². The highest BCUT2D eigenvalue weighted by Gasteiger charge is 2.28. The van der Waals surface area contributed by atoms with Crippen molar-refractivity contribution in [3.8, 4) is 11.5 Å². The number of hydrazone groups is 1. The molecule has 0 heterocycles. The zero-order chi connectivity index (χ0) is 27.7. The van der Waals surface area contributed by atoms with Gasteiger partial charge in [0.25, 0.3) is 15.9 Å². The van der Waals surface area contributed by atoms with Gasteiger partial charge in [-0.05, 0) is 70.7 Å². The van der Waals surface area contributed by atoms with Crippen LogP contribution in [0.25, 0.3) is 0 Å². The number of amides is 1. The summed E-state index contributed by atoms with van der Waals surface area (Å²) < 4.78 is 40.0. The topological polar surface area (TPSA) is 97.3 Å². The van der Waals surface area contributed by atoms with Crippen LogP contribution in [0.4, 0.5) is 5.69 Å². The monoisotopic (exact) mass is 599 g/mol. The third kappa shape index (κ3) is 7.02. The fourth-order valence-electron chi connectivity index (χ4n) is 3.63. The van der Waals surface area contributed by atoms with E-state index in [1.165, 1.54) is 25.5 Å².